The van der Waals surface area contributed by atoms with E-state index >= 15 is 0 Å². The predicted molar refractivity (Wildman–Crippen MR) is 82.3 cm³/mol. The van der Waals surface area contributed by atoms with Crippen molar-refractivity contribution >= 4 is 21.6 Å². The summed E-state index contributed by atoms with van der Waals surface area (Å²) in [5.74, 6) is 0. The smallest absolute Gasteiger partial charge is 0.242 e. The maximum absolute atomic E-state index is 12.4. The number of nitrogens with two attached hydrogens (primary N) is 1. The minimum Gasteiger partial charge on any atom is -0.326 e. The summed E-state index contributed by atoms with van der Waals surface area (Å²) in [7, 11) is -3.75. The lowest BCUT2D eigenvalue weighted by Crippen LogP contribution is -2.27. The Bertz CT molecular complexity index is 720. The van der Waals surface area contributed by atoms with Crippen molar-refractivity contribution in [3.8, 4) is 0 Å². The molecule has 1 aromatic carbocycles. The van der Waals surface area contributed by atoms with Crippen LogP contribution in [0.15, 0.2) is 47.5 Å². The highest BCUT2D eigenvalue weighted by molar-refractivity contribution is 7.89. The Morgan fingerprint density at radius 3 is 2.71 bits per heavy atom. The van der Waals surface area contributed by atoms with E-state index < -0.39 is 16.1 Å². The second-order valence-electron chi connectivity index (χ2n) is 4.57. The van der Waals surface area contributed by atoms with Crippen LogP contribution < -0.4 is 10.5 Å². The number of sulfonamides is 1. The van der Waals surface area contributed by atoms with Gasteiger partial charge in [0.1, 0.15) is 4.90 Å². The third-order valence-electron chi connectivity index (χ3n) is 2.98. The van der Waals surface area contributed by atoms with Gasteiger partial charge in [-0.1, -0.05) is 23.7 Å². The molecule has 7 heteroatoms. The van der Waals surface area contributed by atoms with Gasteiger partial charge in [0, 0.05) is 12.7 Å². The predicted octanol–water partition coefficient (Wildman–Crippen LogP) is 2.23. The fourth-order valence-electron chi connectivity index (χ4n) is 1.87. The molecule has 1 aromatic heterocycles. The lowest BCUT2D eigenvalue weighted by atomic mass is 10.2. The van der Waals surface area contributed by atoms with Crippen LogP contribution in [0.1, 0.15) is 24.2 Å². The Labute approximate surface area is 129 Å². The van der Waals surface area contributed by atoms with Crippen molar-refractivity contribution in [1.29, 1.82) is 0 Å². The second kappa shape index (κ2) is 6.53. The van der Waals surface area contributed by atoms with E-state index in [1.54, 1.807) is 37.4 Å². The molecule has 0 saturated heterocycles. The molecule has 0 spiro atoms. The van der Waals surface area contributed by atoms with E-state index in [9.17, 15) is 8.42 Å². The molecular formula is C14H16ClN3O2S. The molecule has 112 valence electrons. The van der Waals surface area contributed by atoms with Crippen LogP contribution in [0, 0.1) is 0 Å². The lowest BCUT2D eigenvalue weighted by Gasteiger charge is -2.15. The number of nitrogens with zero attached hydrogens (tertiary/aromatic N) is 1. The third-order valence-corrected chi connectivity index (χ3v) is 5.01. The summed E-state index contributed by atoms with van der Waals surface area (Å²) in [6.45, 7) is 1.97. The lowest BCUT2D eigenvalue weighted by molar-refractivity contribution is 0.564. The van der Waals surface area contributed by atoms with Gasteiger partial charge in [0.25, 0.3) is 0 Å². The Hall–Kier alpha value is -1.47. The van der Waals surface area contributed by atoms with Gasteiger partial charge in [0.15, 0.2) is 0 Å². The molecule has 2 rings (SSSR count). The SMILES string of the molecule is CC(NS(=O)(=O)c1cc(CN)ccc1Cl)c1ccccn1. The summed E-state index contributed by atoms with van der Waals surface area (Å²) in [5, 5.41) is 0.160. The van der Waals surface area contributed by atoms with Crippen molar-refractivity contribution in [3.05, 3.63) is 58.9 Å². The van der Waals surface area contributed by atoms with Crippen LogP contribution in [-0.2, 0) is 16.6 Å². The molecule has 5 nitrogen and oxygen atoms in total. The fraction of sp³-hybridized carbons (Fsp3) is 0.214. The van der Waals surface area contributed by atoms with Gasteiger partial charge in [-0.25, -0.2) is 13.1 Å². The molecule has 1 atom stereocenters. The van der Waals surface area contributed by atoms with Crippen LogP contribution in [0.5, 0.6) is 0 Å². The van der Waals surface area contributed by atoms with Crippen LogP contribution in [0.4, 0.5) is 0 Å². The molecule has 0 aliphatic rings. The van der Waals surface area contributed by atoms with Gasteiger partial charge in [-0.05, 0) is 36.8 Å². The van der Waals surface area contributed by atoms with Crippen molar-refractivity contribution in [2.45, 2.75) is 24.4 Å². The van der Waals surface area contributed by atoms with Crippen LogP contribution in [0.2, 0.25) is 5.02 Å². The first kappa shape index (κ1) is 15.9. The monoisotopic (exact) mass is 325 g/mol. The maximum Gasteiger partial charge on any atom is 0.242 e. The van der Waals surface area contributed by atoms with E-state index in [4.69, 9.17) is 17.3 Å². The summed E-state index contributed by atoms with van der Waals surface area (Å²) in [5.41, 5.74) is 6.87. The summed E-state index contributed by atoms with van der Waals surface area (Å²) in [6.07, 6.45) is 1.61. The van der Waals surface area contributed by atoms with Crippen molar-refractivity contribution in [2.75, 3.05) is 0 Å². The number of hydrogen-bond acceptors (Lipinski definition) is 4. The molecular weight excluding hydrogens is 310 g/mol. The van der Waals surface area contributed by atoms with E-state index in [1.165, 1.54) is 12.1 Å². The molecule has 0 amide bonds. The Kier molecular flexibility index (Phi) is 4.95. The van der Waals surface area contributed by atoms with Gasteiger partial charge in [-0.2, -0.15) is 0 Å². The molecule has 0 saturated carbocycles. The number of nitrogens with one attached hydrogen (secondary N) is 1. The normalized spacial score (nSPS) is 13.1. The first-order valence-corrected chi connectivity index (χ1v) is 8.22. The van der Waals surface area contributed by atoms with Crippen molar-refractivity contribution in [3.63, 3.8) is 0 Å². The highest BCUT2D eigenvalue weighted by Crippen LogP contribution is 2.24. The first-order valence-electron chi connectivity index (χ1n) is 6.36. The van der Waals surface area contributed by atoms with E-state index in [0.29, 0.717) is 11.3 Å². The largest absolute Gasteiger partial charge is 0.326 e. The van der Waals surface area contributed by atoms with E-state index in [1.807, 2.05) is 0 Å². The van der Waals surface area contributed by atoms with Gasteiger partial charge in [0.2, 0.25) is 10.0 Å². The minimum absolute atomic E-state index is 0.0231. The number of halogens is 1. The van der Waals surface area contributed by atoms with E-state index in [0.717, 1.165) is 0 Å². The fourth-order valence-corrected chi connectivity index (χ4v) is 3.64. The number of pyridine rings is 1. The van der Waals surface area contributed by atoms with Crippen LogP contribution in [-0.4, -0.2) is 13.4 Å². The molecule has 21 heavy (non-hydrogen) atoms. The summed E-state index contributed by atoms with van der Waals surface area (Å²) >= 11 is 5.99. The third kappa shape index (κ3) is 3.79. The van der Waals surface area contributed by atoms with Crippen LogP contribution in [0.3, 0.4) is 0 Å². The highest BCUT2D eigenvalue weighted by Gasteiger charge is 2.22. The van der Waals surface area contributed by atoms with Crippen molar-refractivity contribution < 1.29 is 8.42 Å². The molecule has 0 fully saturated rings. The van der Waals surface area contributed by atoms with Gasteiger partial charge >= 0.3 is 0 Å². The highest BCUT2D eigenvalue weighted by atomic mass is 35.5. The Balaban J connectivity index is 2.30. The zero-order valence-electron chi connectivity index (χ0n) is 11.5. The van der Waals surface area contributed by atoms with Gasteiger partial charge < -0.3 is 5.73 Å². The van der Waals surface area contributed by atoms with Crippen molar-refractivity contribution in [2.24, 2.45) is 5.73 Å². The average molecular weight is 326 g/mol. The molecule has 0 radical (unpaired) electrons. The van der Waals surface area contributed by atoms with Gasteiger partial charge in [-0.15, -0.1) is 0 Å². The maximum atomic E-state index is 12.4. The number of hydrogen-bond donors (Lipinski definition) is 2. The standard InChI is InChI=1S/C14H16ClN3O2S/c1-10(13-4-2-3-7-17-13)18-21(19,20)14-8-11(9-16)5-6-12(14)15/h2-8,10,18H,9,16H2,1H3. The van der Waals surface area contributed by atoms with E-state index in [2.05, 4.69) is 9.71 Å². The Morgan fingerprint density at radius 1 is 1.33 bits per heavy atom. The molecule has 0 bridgehead atoms. The second-order valence-corrected chi connectivity index (χ2v) is 6.66. The molecule has 3 N–H and O–H groups in total. The zero-order valence-corrected chi connectivity index (χ0v) is 13.0. The van der Waals surface area contributed by atoms with Crippen LogP contribution >= 0.6 is 11.6 Å². The zero-order chi connectivity index (χ0) is 15.5. The summed E-state index contributed by atoms with van der Waals surface area (Å²) < 4.78 is 27.4. The number of rotatable bonds is 5. The molecule has 0 aliphatic heterocycles. The van der Waals surface area contributed by atoms with Gasteiger partial charge in [0.05, 0.1) is 16.8 Å². The average Bonchev–Trinajstić information content (AvgIpc) is 2.48. The molecule has 1 heterocycles. The van der Waals surface area contributed by atoms with E-state index in [-0.39, 0.29) is 16.5 Å². The molecule has 0 aliphatic carbocycles. The minimum atomic E-state index is -3.75. The van der Waals surface area contributed by atoms with Crippen molar-refractivity contribution in [1.82, 2.24) is 9.71 Å². The topological polar surface area (TPSA) is 85.1 Å². The Morgan fingerprint density at radius 2 is 2.10 bits per heavy atom. The summed E-state index contributed by atoms with van der Waals surface area (Å²) in [4.78, 5) is 4.16. The molecule has 2 aromatic rings. The number of benzene rings is 1. The molecule has 1 unspecified atom stereocenters. The number of aromatic nitrogens is 1. The quantitative estimate of drug-likeness (QED) is 0.882. The van der Waals surface area contributed by atoms with Crippen LogP contribution in [0.25, 0.3) is 0 Å². The van der Waals surface area contributed by atoms with Gasteiger partial charge in [-0.3, -0.25) is 4.98 Å². The summed E-state index contributed by atoms with van der Waals surface area (Å²) in [6, 6.07) is 9.57. The first-order chi connectivity index (χ1) is 9.94.